The van der Waals surface area contributed by atoms with Crippen LogP contribution in [-0.4, -0.2) is 11.0 Å². The first-order chi connectivity index (χ1) is 8.52. The Morgan fingerprint density at radius 1 is 1.39 bits per heavy atom. The zero-order valence-electron chi connectivity index (χ0n) is 9.61. The molecule has 1 aromatic heterocycles. The molecule has 1 heterocycles. The van der Waals surface area contributed by atoms with Crippen LogP contribution in [0.15, 0.2) is 24.3 Å². The van der Waals surface area contributed by atoms with Crippen molar-refractivity contribution < 1.29 is 9.90 Å². The van der Waals surface area contributed by atoms with Crippen LogP contribution in [-0.2, 0) is 4.79 Å². The van der Waals surface area contributed by atoms with Crippen molar-refractivity contribution in [3.8, 4) is 0 Å². The molecule has 0 amide bonds. The molecule has 0 N–H and O–H groups in total. The fourth-order valence-corrected chi connectivity index (χ4v) is 2.29. The number of benzene rings is 1. The number of carboxylic acids is 1. The summed E-state index contributed by atoms with van der Waals surface area (Å²) in [6, 6.07) is 6.71. The van der Waals surface area contributed by atoms with Crippen LogP contribution in [0.5, 0.6) is 0 Å². The minimum Gasteiger partial charge on any atom is -0.549 e. The monoisotopic (exact) mass is 282 g/mol. The zero-order valence-corrected chi connectivity index (χ0v) is 11.1. The third kappa shape index (κ3) is 2.42. The van der Waals surface area contributed by atoms with E-state index in [-0.39, 0.29) is 0 Å². The van der Waals surface area contributed by atoms with Gasteiger partial charge in [-0.1, -0.05) is 30.1 Å². The van der Waals surface area contributed by atoms with E-state index in [1.54, 1.807) is 31.2 Å². The Bertz CT molecular complexity index is 613. The number of carbonyl (C=O) groups is 1. The van der Waals surface area contributed by atoms with E-state index in [1.165, 1.54) is 0 Å². The number of halogens is 2. The van der Waals surface area contributed by atoms with Gasteiger partial charge < -0.3 is 9.90 Å². The van der Waals surface area contributed by atoms with Crippen molar-refractivity contribution in [3.63, 3.8) is 0 Å². The Hall–Kier alpha value is -1.32. The standard InChI is InChI=1S/C13H11Cl2NO2/c1-2-8(13(17)18)12-6-10(15)9-4-3-7(14)5-11(9)16-12/h3-6,8H,2H2,1H3,(H,17,18)/p-1. The largest absolute Gasteiger partial charge is 0.549 e. The first kappa shape index (κ1) is 13.1. The first-order valence-electron chi connectivity index (χ1n) is 5.49. The van der Waals surface area contributed by atoms with Gasteiger partial charge in [-0.15, -0.1) is 0 Å². The van der Waals surface area contributed by atoms with Gasteiger partial charge in [0.1, 0.15) is 0 Å². The molecule has 2 aromatic rings. The molecule has 94 valence electrons. The lowest BCUT2D eigenvalue weighted by Crippen LogP contribution is -2.29. The molecule has 0 saturated carbocycles. The molecule has 0 saturated heterocycles. The summed E-state index contributed by atoms with van der Waals surface area (Å²) in [6.07, 6.45) is 0.401. The van der Waals surface area contributed by atoms with Crippen molar-refractivity contribution >= 4 is 40.1 Å². The Morgan fingerprint density at radius 3 is 2.72 bits per heavy atom. The summed E-state index contributed by atoms with van der Waals surface area (Å²) in [4.78, 5) is 15.3. The smallest absolute Gasteiger partial charge is 0.0735 e. The minimum absolute atomic E-state index is 0.400. The third-order valence-corrected chi connectivity index (χ3v) is 3.34. The van der Waals surface area contributed by atoms with Gasteiger partial charge >= 0.3 is 0 Å². The average Bonchev–Trinajstić information content (AvgIpc) is 2.28. The van der Waals surface area contributed by atoms with E-state index in [4.69, 9.17) is 23.2 Å². The van der Waals surface area contributed by atoms with Crippen LogP contribution in [0.3, 0.4) is 0 Å². The molecule has 1 unspecified atom stereocenters. The highest BCUT2D eigenvalue weighted by molar-refractivity contribution is 6.36. The Morgan fingerprint density at radius 2 is 2.11 bits per heavy atom. The van der Waals surface area contributed by atoms with Crippen LogP contribution in [0, 0.1) is 0 Å². The quantitative estimate of drug-likeness (QED) is 0.870. The molecule has 0 fully saturated rings. The highest BCUT2D eigenvalue weighted by Crippen LogP contribution is 2.29. The van der Waals surface area contributed by atoms with Gasteiger partial charge in [0.05, 0.1) is 22.2 Å². The number of aliphatic carboxylic acids is 1. The molecule has 0 aliphatic carbocycles. The molecule has 0 spiro atoms. The fourth-order valence-electron chi connectivity index (χ4n) is 1.85. The molecule has 18 heavy (non-hydrogen) atoms. The van der Waals surface area contributed by atoms with E-state index < -0.39 is 11.9 Å². The van der Waals surface area contributed by atoms with Crippen LogP contribution < -0.4 is 5.11 Å². The van der Waals surface area contributed by atoms with Gasteiger partial charge in [0, 0.05) is 16.3 Å². The number of rotatable bonds is 3. The van der Waals surface area contributed by atoms with Crippen molar-refractivity contribution in [2.75, 3.05) is 0 Å². The molecular formula is C13H10Cl2NO2-. The van der Waals surface area contributed by atoms with Crippen molar-refractivity contribution in [1.82, 2.24) is 4.98 Å². The van der Waals surface area contributed by atoms with Gasteiger partial charge in [-0.2, -0.15) is 0 Å². The van der Waals surface area contributed by atoms with Gasteiger partial charge in [-0.3, -0.25) is 4.98 Å². The second-order valence-electron chi connectivity index (χ2n) is 3.97. The lowest BCUT2D eigenvalue weighted by Gasteiger charge is -2.16. The predicted molar refractivity (Wildman–Crippen MR) is 69.8 cm³/mol. The SMILES string of the molecule is CCC(C(=O)[O-])c1cc(Cl)c2ccc(Cl)cc2n1. The van der Waals surface area contributed by atoms with Crippen molar-refractivity contribution in [2.24, 2.45) is 0 Å². The summed E-state index contributed by atoms with van der Waals surface area (Å²) in [6.45, 7) is 1.76. The van der Waals surface area contributed by atoms with Crippen molar-refractivity contribution in [3.05, 3.63) is 40.0 Å². The lowest BCUT2D eigenvalue weighted by atomic mass is 10.0. The average molecular weight is 283 g/mol. The molecular weight excluding hydrogens is 273 g/mol. The first-order valence-corrected chi connectivity index (χ1v) is 6.25. The number of aromatic nitrogens is 1. The number of hydrogen-bond acceptors (Lipinski definition) is 3. The van der Waals surface area contributed by atoms with Crippen LogP contribution >= 0.6 is 23.2 Å². The summed E-state index contributed by atoms with van der Waals surface area (Å²) in [5.41, 5.74) is 0.988. The number of pyridine rings is 1. The molecule has 5 heteroatoms. The van der Waals surface area contributed by atoms with E-state index >= 15 is 0 Å². The van der Waals surface area contributed by atoms with Gasteiger partial charge in [0.2, 0.25) is 0 Å². The molecule has 0 aliphatic rings. The maximum absolute atomic E-state index is 11.0. The third-order valence-electron chi connectivity index (χ3n) is 2.79. The van der Waals surface area contributed by atoms with Gasteiger partial charge in [-0.25, -0.2) is 0 Å². The van der Waals surface area contributed by atoms with Crippen LogP contribution in [0.25, 0.3) is 10.9 Å². The van der Waals surface area contributed by atoms with E-state index in [2.05, 4.69) is 4.98 Å². The fraction of sp³-hybridized carbons (Fsp3) is 0.231. The summed E-state index contributed by atoms with van der Waals surface area (Å²) >= 11 is 12.0. The van der Waals surface area contributed by atoms with E-state index in [1.807, 2.05) is 0 Å². The maximum atomic E-state index is 11.0. The molecule has 0 radical (unpaired) electrons. The molecule has 0 bridgehead atoms. The normalized spacial score (nSPS) is 12.6. The number of nitrogens with zero attached hydrogens (tertiary/aromatic N) is 1. The van der Waals surface area contributed by atoms with Gasteiger partial charge in [0.15, 0.2) is 0 Å². The van der Waals surface area contributed by atoms with E-state index in [0.29, 0.717) is 27.7 Å². The highest BCUT2D eigenvalue weighted by atomic mass is 35.5. The van der Waals surface area contributed by atoms with Crippen molar-refractivity contribution in [2.45, 2.75) is 19.3 Å². The van der Waals surface area contributed by atoms with Crippen LogP contribution in [0.1, 0.15) is 25.0 Å². The highest BCUT2D eigenvalue weighted by Gasteiger charge is 2.14. The summed E-state index contributed by atoms with van der Waals surface area (Å²) in [5.74, 6) is -1.91. The Balaban J connectivity index is 2.63. The number of carboxylic acid groups (broad SMARTS) is 1. The topological polar surface area (TPSA) is 53.0 Å². The van der Waals surface area contributed by atoms with Crippen LogP contribution in [0.2, 0.25) is 10.0 Å². The minimum atomic E-state index is -1.15. The lowest BCUT2D eigenvalue weighted by molar-refractivity contribution is -0.308. The Labute approximate surface area is 114 Å². The molecule has 2 rings (SSSR count). The zero-order chi connectivity index (χ0) is 13.3. The maximum Gasteiger partial charge on any atom is 0.0735 e. The van der Waals surface area contributed by atoms with Crippen molar-refractivity contribution in [1.29, 1.82) is 0 Å². The van der Waals surface area contributed by atoms with E-state index in [0.717, 1.165) is 5.39 Å². The summed E-state index contributed by atoms with van der Waals surface area (Å²) < 4.78 is 0. The number of hydrogen-bond donors (Lipinski definition) is 0. The second-order valence-corrected chi connectivity index (χ2v) is 4.81. The Kier molecular flexibility index (Phi) is 3.73. The molecule has 1 atom stereocenters. The van der Waals surface area contributed by atoms with Crippen LogP contribution in [0.4, 0.5) is 0 Å². The number of carbonyl (C=O) groups excluding carboxylic acids is 1. The molecule has 1 aromatic carbocycles. The van der Waals surface area contributed by atoms with E-state index in [9.17, 15) is 9.90 Å². The van der Waals surface area contributed by atoms with Gasteiger partial charge in [-0.05, 0) is 30.7 Å². The molecule has 3 nitrogen and oxygen atoms in total. The summed E-state index contributed by atoms with van der Waals surface area (Å²) in [5, 5.41) is 12.8. The second kappa shape index (κ2) is 5.12. The summed E-state index contributed by atoms with van der Waals surface area (Å²) in [7, 11) is 0. The number of fused-ring (bicyclic) bond motifs is 1. The van der Waals surface area contributed by atoms with Gasteiger partial charge in [0.25, 0.3) is 0 Å². The predicted octanol–water partition coefficient (Wildman–Crippen LogP) is 2.79. The molecule has 0 aliphatic heterocycles.